The van der Waals surface area contributed by atoms with E-state index in [0.29, 0.717) is 5.82 Å². The minimum atomic E-state index is -0.319. The van der Waals surface area contributed by atoms with Crippen LogP contribution in [0.3, 0.4) is 0 Å². The molecular formula is C21H21FN4O. The van der Waals surface area contributed by atoms with Crippen LogP contribution < -0.4 is 15.5 Å². The van der Waals surface area contributed by atoms with E-state index in [2.05, 4.69) is 15.6 Å². The molecule has 0 aliphatic rings. The van der Waals surface area contributed by atoms with Gasteiger partial charge in [-0.25, -0.2) is 9.37 Å². The summed E-state index contributed by atoms with van der Waals surface area (Å²) < 4.78 is 12.9. The molecule has 0 bridgehead atoms. The summed E-state index contributed by atoms with van der Waals surface area (Å²) in [5, 5.41) is 6.01. The lowest BCUT2D eigenvalue weighted by Crippen LogP contribution is -2.15. The van der Waals surface area contributed by atoms with Crippen molar-refractivity contribution < 1.29 is 9.18 Å². The molecule has 0 aliphatic heterocycles. The molecular weight excluding hydrogens is 343 g/mol. The predicted molar refractivity (Wildman–Crippen MR) is 107 cm³/mol. The van der Waals surface area contributed by atoms with Crippen LogP contribution in [0.1, 0.15) is 5.56 Å². The largest absolute Gasteiger partial charge is 0.378 e. The van der Waals surface area contributed by atoms with Crippen LogP contribution in [0.2, 0.25) is 0 Å². The van der Waals surface area contributed by atoms with Gasteiger partial charge in [-0.05, 0) is 54.1 Å². The maximum atomic E-state index is 12.9. The Morgan fingerprint density at radius 1 is 0.963 bits per heavy atom. The summed E-state index contributed by atoms with van der Waals surface area (Å²) in [7, 11) is 3.99. The quantitative estimate of drug-likeness (QED) is 0.688. The molecule has 0 unspecified atom stereocenters. The van der Waals surface area contributed by atoms with E-state index in [-0.39, 0.29) is 18.1 Å². The number of nitrogens with zero attached hydrogens (tertiary/aromatic N) is 2. The molecule has 0 saturated carbocycles. The maximum absolute atomic E-state index is 12.9. The van der Waals surface area contributed by atoms with Crippen LogP contribution in [0.5, 0.6) is 0 Å². The lowest BCUT2D eigenvalue weighted by Gasteiger charge is -2.13. The van der Waals surface area contributed by atoms with E-state index < -0.39 is 0 Å². The summed E-state index contributed by atoms with van der Waals surface area (Å²) in [6, 6.07) is 17.5. The lowest BCUT2D eigenvalue weighted by molar-refractivity contribution is -0.115. The molecule has 3 rings (SSSR count). The Bertz CT molecular complexity index is 891. The smallest absolute Gasteiger partial charge is 0.229 e. The molecule has 0 fully saturated rings. The molecule has 6 heteroatoms. The standard InChI is InChI=1S/C21H21FN4O/c1-26(2)19-10-7-17(8-11-19)24-18-9-12-20(23-14-18)25-21(27)13-15-3-5-16(22)6-4-15/h3-12,14,24H,13H2,1-2H3,(H,23,25,27). The van der Waals surface area contributed by atoms with Crippen molar-refractivity contribution in [1.82, 2.24) is 4.98 Å². The molecule has 2 N–H and O–H groups in total. The first kappa shape index (κ1) is 18.4. The number of benzene rings is 2. The highest BCUT2D eigenvalue weighted by molar-refractivity contribution is 5.91. The fourth-order valence-electron chi connectivity index (χ4n) is 2.53. The number of anilines is 4. The normalized spacial score (nSPS) is 10.3. The molecule has 1 amide bonds. The summed E-state index contributed by atoms with van der Waals surface area (Å²) in [5.74, 6) is -0.0509. The number of hydrogen-bond donors (Lipinski definition) is 2. The number of rotatable bonds is 6. The van der Waals surface area contributed by atoms with Crippen LogP contribution in [0.25, 0.3) is 0 Å². The monoisotopic (exact) mass is 364 g/mol. The van der Waals surface area contributed by atoms with Gasteiger partial charge < -0.3 is 15.5 Å². The number of hydrogen-bond acceptors (Lipinski definition) is 4. The van der Waals surface area contributed by atoms with E-state index >= 15 is 0 Å². The van der Waals surface area contributed by atoms with Gasteiger partial charge in [-0.1, -0.05) is 12.1 Å². The molecule has 0 radical (unpaired) electrons. The van der Waals surface area contributed by atoms with Gasteiger partial charge in [-0.15, -0.1) is 0 Å². The van der Waals surface area contributed by atoms with Crippen molar-refractivity contribution in [3.05, 3.63) is 78.2 Å². The SMILES string of the molecule is CN(C)c1ccc(Nc2ccc(NC(=O)Cc3ccc(F)cc3)nc2)cc1. The number of halogens is 1. The molecule has 5 nitrogen and oxygen atoms in total. The fourth-order valence-corrected chi connectivity index (χ4v) is 2.53. The van der Waals surface area contributed by atoms with E-state index in [1.54, 1.807) is 24.4 Å². The van der Waals surface area contributed by atoms with E-state index in [4.69, 9.17) is 0 Å². The average Bonchev–Trinajstić information content (AvgIpc) is 2.66. The van der Waals surface area contributed by atoms with Crippen LogP contribution in [-0.4, -0.2) is 25.0 Å². The zero-order valence-electron chi connectivity index (χ0n) is 15.2. The van der Waals surface area contributed by atoms with Gasteiger partial charge in [0.1, 0.15) is 11.6 Å². The molecule has 0 atom stereocenters. The zero-order valence-corrected chi connectivity index (χ0v) is 15.2. The van der Waals surface area contributed by atoms with Crippen LogP contribution in [0, 0.1) is 5.82 Å². The van der Waals surface area contributed by atoms with E-state index in [1.807, 2.05) is 49.3 Å². The van der Waals surface area contributed by atoms with E-state index in [1.165, 1.54) is 12.1 Å². The minimum absolute atomic E-state index is 0.167. The van der Waals surface area contributed by atoms with Crippen molar-refractivity contribution in [2.75, 3.05) is 29.6 Å². The third kappa shape index (κ3) is 5.28. The Labute approximate surface area is 157 Å². The average molecular weight is 364 g/mol. The van der Waals surface area contributed by atoms with Crippen LogP contribution in [-0.2, 0) is 11.2 Å². The van der Waals surface area contributed by atoms with Gasteiger partial charge in [0.2, 0.25) is 5.91 Å². The number of carbonyl (C=O) groups is 1. The molecule has 1 aromatic heterocycles. The van der Waals surface area contributed by atoms with Crippen molar-refractivity contribution >= 4 is 28.8 Å². The van der Waals surface area contributed by atoms with Crippen LogP contribution in [0.15, 0.2) is 66.9 Å². The molecule has 0 saturated heterocycles. The number of carbonyl (C=O) groups excluding carboxylic acids is 1. The van der Waals surface area contributed by atoms with Gasteiger partial charge in [-0.2, -0.15) is 0 Å². The highest BCUT2D eigenvalue weighted by Gasteiger charge is 2.06. The number of nitrogens with one attached hydrogen (secondary N) is 2. The molecule has 27 heavy (non-hydrogen) atoms. The summed E-state index contributed by atoms with van der Waals surface area (Å²) in [6.07, 6.45) is 1.83. The first-order valence-electron chi connectivity index (χ1n) is 8.54. The first-order chi connectivity index (χ1) is 13.0. The topological polar surface area (TPSA) is 57.3 Å². The second kappa shape index (κ2) is 8.31. The Morgan fingerprint density at radius 3 is 2.22 bits per heavy atom. The van der Waals surface area contributed by atoms with Crippen molar-refractivity contribution in [3.8, 4) is 0 Å². The Hall–Kier alpha value is -3.41. The Morgan fingerprint density at radius 2 is 1.63 bits per heavy atom. The third-order valence-electron chi connectivity index (χ3n) is 3.98. The lowest BCUT2D eigenvalue weighted by atomic mass is 10.1. The first-order valence-corrected chi connectivity index (χ1v) is 8.54. The summed E-state index contributed by atoms with van der Waals surface area (Å²) >= 11 is 0. The second-order valence-corrected chi connectivity index (χ2v) is 6.35. The van der Waals surface area contributed by atoms with Gasteiger partial charge in [0, 0.05) is 25.5 Å². The maximum Gasteiger partial charge on any atom is 0.229 e. The van der Waals surface area contributed by atoms with Crippen molar-refractivity contribution in [1.29, 1.82) is 0 Å². The summed E-state index contributed by atoms with van der Waals surface area (Å²) in [4.78, 5) is 18.4. The third-order valence-corrected chi connectivity index (χ3v) is 3.98. The molecule has 3 aromatic rings. The van der Waals surface area contributed by atoms with Gasteiger partial charge in [0.25, 0.3) is 0 Å². The Balaban J connectivity index is 1.56. The van der Waals surface area contributed by atoms with Crippen LogP contribution >= 0.6 is 0 Å². The molecule has 0 aliphatic carbocycles. The molecule has 1 heterocycles. The minimum Gasteiger partial charge on any atom is -0.378 e. The molecule has 138 valence electrons. The van der Waals surface area contributed by atoms with Gasteiger partial charge >= 0.3 is 0 Å². The van der Waals surface area contributed by atoms with E-state index in [9.17, 15) is 9.18 Å². The Kier molecular flexibility index (Phi) is 5.66. The second-order valence-electron chi connectivity index (χ2n) is 6.35. The summed E-state index contributed by atoms with van der Waals surface area (Å²) in [5.41, 5.74) is 3.64. The zero-order chi connectivity index (χ0) is 19.2. The van der Waals surface area contributed by atoms with Gasteiger partial charge in [0.05, 0.1) is 18.3 Å². The van der Waals surface area contributed by atoms with Crippen molar-refractivity contribution in [3.63, 3.8) is 0 Å². The van der Waals surface area contributed by atoms with Crippen molar-refractivity contribution in [2.45, 2.75) is 6.42 Å². The highest BCUT2D eigenvalue weighted by Crippen LogP contribution is 2.20. The van der Waals surface area contributed by atoms with Crippen molar-refractivity contribution in [2.24, 2.45) is 0 Å². The predicted octanol–water partition coefficient (Wildman–Crippen LogP) is 4.21. The highest BCUT2D eigenvalue weighted by atomic mass is 19.1. The fraction of sp³-hybridized carbons (Fsp3) is 0.143. The molecule has 0 spiro atoms. The number of pyridine rings is 1. The molecule has 2 aromatic carbocycles. The number of amides is 1. The van der Waals surface area contributed by atoms with Gasteiger partial charge in [-0.3, -0.25) is 4.79 Å². The van der Waals surface area contributed by atoms with Gasteiger partial charge in [0.15, 0.2) is 0 Å². The summed E-state index contributed by atoms with van der Waals surface area (Å²) in [6.45, 7) is 0. The van der Waals surface area contributed by atoms with E-state index in [0.717, 1.165) is 22.6 Å². The number of aromatic nitrogens is 1. The van der Waals surface area contributed by atoms with Crippen LogP contribution in [0.4, 0.5) is 27.3 Å².